The third kappa shape index (κ3) is 3.84. The van der Waals surface area contributed by atoms with E-state index in [0.29, 0.717) is 5.70 Å². The third-order valence-corrected chi connectivity index (χ3v) is 3.89. The molecule has 1 aliphatic heterocycles. The van der Waals surface area contributed by atoms with Crippen molar-refractivity contribution in [3.8, 4) is 0 Å². The number of allylic oxidation sites excluding steroid dienone is 1. The first-order valence-electron chi connectivity index (χ1n) is 7.74. The quantitative estimate of drug-likeness (QED) is 0.473. The number of hydrogen-bond acceptors (Lipinski definition) is 4. The van der Waals surface area contributed by atoms with Gasteiger partial charge in [-0.3, -0.25) is 4.79 Å². The Balaban J connectivity index is 2.67. The molecule has 0 fully saturated rings. The fourth-order valence-corrected chi connectivity index (χ4v) is 2.83. The van der Waals surface area contributed by atoms with Crippen LogP contribution in [0, 0.1) is 17.6 Å². The Morgan fingerprint density at radius 1 is 1.28 bits per heavy atom. The number of esters is 1. The smallest absolute Gasteiger partial charge is 0.379 e. The number of hydrogen-bond donors (Lipinski definition) is 2. The van der Waals surface area contributed by atoms with Crippen LogP contribution in [-0.4, -0.2) is 23.5 Å². The summed E-state index contributed by atoms with van der Waals surface area (Å²) in [7, 11) is 0. The molecule has 0 bridgehead atoms. The van der Waals surface area contributed by atoms with Gasteiger partial charge in [-0.15, -0.1) is 0 Å². The van der Waals surface area contributed by atoms with Gasteiger partial charge in [-0.05, 0) is 37.2 Å². The normalized spacial score (nSPS) is 17.2. The van der Waals surface area contributed by atoms with Crippen molar-refractivity contribution in [1.82, 2.24) is 10.6 Å². The molecule has 1 heterocycles. The van der Waals surface area contributed by atoms with Crippen LogP contribution >= 0.6 is 12.2 Å². The molecule has 134 valence electrons. The lowest BCUT2D eigenvalue weighted by atomic mass is 9.88. The lowest BCUT2D eigenvalue weighted by Gasteiger charge is -2.32. The molecule has 1 aromatic rings. The second kappa shape index (κ2) is 7.69. The number of ketones is 1. The zero-order chi connectivity index (χ0) is 18.7. The molecule has 0 saturated heterocycles. The van der Waals surface area contributed by atoms with Crippen molar-refractivity contribution in [2.24, 2.45) is 5.92 Å². The molecule has 0 aliphatic carbocycles. The highest BCUT2D eigenvalue weighted by molar-refractivity contribution is 7.80. The highest BCUT2D eigenvalue weighted by Gasteiger charge is 2.38. The summed E-state index contributed by atoms with van der Waals surface area (Å²) in [5, 5.41) is 5.60. The second-order valence-corrected chi connectivity index (χ2v) is 6.11. The van der Waals surface area contributed by atoms with E-state index in [-0.39, 0.29) is 28.8 Å². The van der Waals surface area contributed by atoms with Crippen LogP contribution in [0.15, 0.2) is 29.5 Å². The van der Waals surface area contributed by atoms with E-state index in [0.717, 1.165) is 12.1 Å². The first-order chi connectivity index (χ1) is 11.8. The van der Waals surface area contributed by atoms with Crippen LogP contribution in [0.2, 0.25) is 0 Å². The van der Waals surface area contributed by atoms with E-state index in [1.807, 2.05) is 0 Å². The standard InChI is InChI=1S/C17H18F2N2O3S/c1-4-24-16(23)15(22)12-13(8(2)3)20-17(25)21-14(12)11-9(18)6-5-7-10(11)19/h5-8,14H,4H2,1-3H3,(H2,20,21,25)/t14-/m0/s1. The van der Waals surface area contributed by atoms with E-state index in [9.17, 15) is 18.4 Å². The van der Waals surface area contributed by atoms with Crippen molar-refractivity contribution >= 4 is 29.1 Å². The zero-order valence-electron chi connectivity index (χ0n) is 14.0. The summed E-state index contributed by atoms with van der Waals surface area (Å²) in [4.78, 5) is 24.6. The van der Waals surface area contributed by atoms with Crippen molar-refractivity contribution in [2.45, 2.75) is 26.8 Å². The number of Topliss-reactive ketones (excluding diaryl/α,β-unsaturated/α-hetero) is 1. The molecule has 0 aromatic heterocycles. The largest absolute Gasteiger partial charge is 0.460 e. The summed E-state index contributed by atoms with van der Waals surface area (Å²) < 4.78 is 33.3. The summed E-state index contributed by atoms with van der Waals surface area (Å²) in [6, 6.07) is 2.14. The van der Waals surface area contributed by atoms with Gasteiger partial charge in [0.25, 0.3) is 5.78 Å². The second-order valence-electron chi connectivity index (χ2n) is 5.70. The average Bonchev–Trinajstić information content (AvgIpc) is 2.53. The Kier molecular flexibility index (Phi) is 5.84. The monoisotopic (exact) mass is 368 g/mol. The van der Waals surface area contributed by atoms with Gasteiger partial charge in [-0.25, -0.2) is 13.6 Å². The van der Waals surface area contributed by atoms with Crippen LogP contribution < -0.4 is 10.6 Å². The van der Waals surface area contributed by atoms with Gasteiger partial charge in [0.15, 0.2) is 5.11 Å². The first kappa shape index (κ1) is 19.0. The number of rotatable bonds is 5. The van der Waals surface area contributed by atoms with E-state index >= 15 is 0 Å². The van der Waals surface area contributed by atoms with Crippen LogP contribution in [0.4, 0.5) is 8.78 Å². The maximum absolute atomic E-state index is 14.3. The minimum Gasteiger partial charge on any atom is -0.460 e. The highest BCUT2D eigenvalue weighted by Crippen LogP contribution is 2.33. The molecule has 0 spiro atoms. The SMILES string of the molecule is CCOC(=O)C(=O)C1=C(C(C)C)NC(=S)N[C@H]1c1c(F)cccc1F. The van der Waals surface area contributed by atoms with Gasteiger partial charge >= 0.3 is 5.97 Å². The lowest BCUT2D eigenvalue weighted by molar-refractivity contribution is -0.152. The third-order valence-electron chi connectivity index (χ3n) is 3.67. The van der Waals surface area contributed by atoms with E-state index in [2.05, 4.69) is 10.6 Å². The Labute approximate surface area is 149 Å². The van der Waals surface area contributed by atoms with Gasteiger partial charge < -0.3 is 15.4 Å². The number of ether oxygens (including phenoxy) is 1. The van der Waals surface area contributed by atoms with Crippen molar-refractivity contribution < 1.29 is 23.1 Å². The maximum Gasteiger partial charge on any atom is 0.379 e. The minimum atomic E-state index is -1.23. The Hall–Kier alpha value is -2.35. The molecular weight excluding hydrogens is 350 g/mol. The molecule has 0 amide bonds. The molecule has 8 heteroatoms. The summed E-state index contributed by atoms with van der Waals surface area (Å²) >= 11 is 5.09. The van der Waals surface area contributed by atoms with Crippen molar-refractivity contribution in [1.29, 1.82) is 0 Å². The number of thiocarbonyl (C=S) groups is 1. The van der Waals surface area contributed by atoms with Crippen LogP contribution in [0.5, 0.6) is 0 Å². The number of halogens is 2. The zero-order valence-corrected chi connectivity index (χ0v) is 14.8. The predicted octanol–water partition coefficient (Wildman–Crippen LogP) is 2.53. The average molecular weight is 368 g/mol. The Bertz CT molecular complexity index is 742. The number of carbonyl (C=O) groups excluding carboxylic acids is 2. The topological polar surface area (TPSA) is 67.4 Å². The maximum atomic E-state index is 14.3. The van der Waals surface area contributed by atoms with Gasteiger partial charge in [0.1, 0.15) is 11.6 Å². The number of benzene rings is 1. The van der Waals surface area contributed by atoms with E-state index in [4.69, 9.17) is 17.0 Å². The summed E-state index contributed by atoms with van der Waals surface area (Å²) in [6.45, 7) is 5.10. The molecule has 1 aliphatic rings. The van der Waals surface area contributed by atoms with Gasteiger partial charge in [0.2, 0.25) is 0 Å². The van der Waals surface area contributed by atoms with Crippen LogP contribution in [0.25, 0.3) is 0 Å². The Morgan fingerprint density at radius 3 is 2.40 bits per heavy atom. The molecule has 1 atom stereocenters. The van der Waals surface area contributed by atoms with Gasteiger partial charge in [0, 0.05) is 5.70 Å². The van der Waals surface area contributed by atoms with Crippen LogP contribution in [-0.2, 0) is 14.3 Å². The van der Waals surface area contributed by atoms with Crippen molar-refractivity contribution in [2.75, 3.05) is 6.61 Å². The molecule has 0 unspecified atom stereocenters. The summed E-state index contributed by atoms with van der Waals surface area (Å²) in [5.74, 6) is -4.00. The molecule has 2 rings (SSSR count). The lowest BCUT2D eigenvalue weighted by Crippen LogP contribution is -2.48. The van der Waals surface area contributed by atoms with Crippen LogP contribution in [0.1, 0.15) is 32.4 Å². The van der Waals surface area contributed by atoms with E-state index < -0.39 is 29.4 Å². The number of carbonyl (C=O) groups is 2. The van der Waals surface area contributed by atoms with Gasteiger partial charge in [0.05, 0.1) is 23.8 Å². The van der Waals surface area contributed by atoms with E-state index in [1.165, 1.54) is 6.07 Å². The first-order valence-corrected chi connectivity index (χ1v) is 8.15. The summed E-state index contributed by atoms with van der Waals surface area (Å²) in [6.07, 6.45) is 0. The molecule has 25 heavy (non-hydrogen) atoms. The fraction of sp³-hybridized carbons (Fsp3) is 0.353. The molecular formula is C17H18F2N2O3S. The van der Waals surface area contributed by atoms with Crippen molar-refractivity contribution in [3.05, 3.63) is 46.7 Å². The van der Waals surface area contributed by atoms with Crippen molar-refractivity contribution in [3.63, 3.8) is 0 Å². The molecule has 1 aromatic carbocycles. The Morgan fingerprint density at radius 2 is 1.88 bits per heavy atom. The summed E-state index contributed by atoms with van der Waals surface area (Å²) in [5.41, 5.74) is -0.155. The number of nitrogens with one attached hydrogen (secondary N) is 2. The minimum absolute atomic E-state index is 0.00681. The van der Waals surface area contributed by atoms with Gasteiger partial charge in [-0.1, -0.05) is 19.9 Å². The van der Waals surface area contributed by atoms with Crippen LogP contribution in [0.3, 0.4) is 0 Å². The fourth-order valence-electron chi connectivity index (χ4n) is 2.60. The van der Waals surface area contributed by atoms with Gasteiger partial charge in [-0.2, -0.15) is 0 Å². The molecule has 2 N–H and O–H groups in total. The predicted molar refractivity (Wildman–Crippen MR) is 91.5 cm³/mol. The van der Waals surface area contributed by atoms with E-state index in [1.54, 1.807) is 20.8 Å². The molecule has 0 radical (unpaired) electrons. The molecule has 0 saturated carbocycles. The molecule has 5 nitrogen and oxygen atoms in total. The highest BCUT2D eigenvalue weighted by atomic mass is 32.1.